The summed E-state index contributed by atoms with van der Waals surface area (Å²) in [7, 11) is 0. The summed E-state index contributed by atoms with van der Waals surface area (Å²) in [6, 6.07) is 5.95. The Morgan fingerprint density at radius 1 is 1.39 bits per heavy atom. The quantitative estimate of drug-likeness (QED) is 0.931. The van der Waals surface area contributed by atoms with Crippen molar-refractivity contribution in [2.75, 3.05) is 6.54 Å². The van der Waals surface area contributed by atoms with E-state index in [-0.39, 0.29) is 0 Å². The molecule has 0 spiro atoms. The largest absolute Gasteiger partial charge is 0.436 e. The minimum atomic E-state index is 0.624. The maximum absolute atomic E-state index is 6.23. The van der Waals surface area contributed by atoms with Crippen LogP contribution in [0.5, 0.6) is 0 Å². The molecule has 2 aromatic rings. The van der Waals surface area contributed by atoms with Crippen molar-refractivity contribution in [2.45, 2.75) is 30.4 Å². The number of oxazole rings is 1. The molecule has 0 aliphatic rings. The smallest absolute Gasteiger partial charge is 0.261 e. The van der Waals surface area contributed by atoms with Gasteiger partial charge in [0.15, 0.2) is 0 Å². The van der Waals surface area contributed by atoms with Crippen molar-refractivity contribution in [3.05, 3.63) is 40.2 Å². The van der Waals surface area contributed by atoms with E-state index in [1.54, 1.807) is 0 Å². The van der Waals surface area contributed by atoms with Gasteiger partial charge in [-0.3, -0.25) is 0 Å². The van der Waals surface area contributed by atoms with Crippen LogP contribution in [0.25, 0.3) is 0 Å². The van der Waals surface area contributed by atoms with Crippen LogP contribution in [0.3, 0.4) is 0 Å². The maximum atomic E-state index is 6.23. The molecule has 96 valence electrons. The van der Waals surface area contributed by atoms with Crippen LogP contribution >= 0.6 is 23.4 Å². The average molecular weight is 283 g/mol. The highest BCUT2D eigenvalue weighted by atomic mass is 35.5. The van der Waals surface area contributed by atoms with Crippen molar-refractivity contribution in [1.82, 2.24) is 4.98 Å². The Labute approximate surface area is 116 Å². The van der Waals surface area contributed by atoms with E-state index in [0.717, 1.165) is 28.3 Å². The predicted octanol–water partition coefficient (Wildman–Crippen LogP) is 3.60. The van der Waals surface area contributed by atoms with Crippen LogP contribution in [0.1, 0.15) is 17.0 Å². The second-order valence-electron chi connectivity index (χ2n) is 4.03. The van der Waals surface area contributed by atoms with Gasteiger partial charge in [0.2, 0.25) is 0 Å². The Bertz CT molecular complexity index is 534. The molecule has 0 amide bonds. The lowest BCUT2D eigenvalue weighted by molar-refractivity contribution is 0.431. The summed E-state index contributed by atoms with van der Waals surface area (Å²) in [5.41, 5.74) is 7.57. The first kappa shape index (κ1) is 13.5. The third-order valence-corrected chi connectivity index (χ3v) is 3.99. The van der Waals surface area contributed by atoms with Crippen LogP contribution in [0.15, 0.2) is 32.7 Å². The lowest BCUT2D eigenvalue weighted by Crippen LogP contribution is -2.02. The highest BCUT2D eigenvalue weighted by Gasteiger charge is 2.10. The number of aromatic nitrogens is 1. The highest BCUT2D eigenvalue weighted by Crippen LogP contribution is 2.34. The first-order chi connectivity index (χ1) is 8.60. The third kappa shape index (κ3) is 3.07. The Morgan fingerprint density at radius 2 is 2.17 bits per heavy atom. The van der Waals surface area contributed by atoms with E-state index in [0.29, 0.717) is 16.8 Å². The molecular formula is C13H15ClN2OS. The number of rotatable bonds is 4. The number of hydrogen-bond donors (Lipinski definition) is 1. The fraction of sp³-hybridized carbons (Fsp3) is 0.308. The minimum Gasteiger partial charge on any atom is -0.436 e. The normalized spacial score (nSPS) is 10.9. The molecule has 18 heavy (non-hydrogen) atoms. The molecule has 0 aliphatic carbocycles. The number of aryl methyl sites for hydroxylation is 2. The average Bonchev–Trinajstić information content (AvgIpc) is 2.62. The van der Waals surface area contributed by atoms with Crippen molar-refractivity contribution in [3.63, 3.8) is 0 Å². The summed E-state index contributed by atoms with van der Waals surface area (Å²) in [5, 5.41) is 1.33. The SMILES string of the molecule is Cc1nc(Sc2ccc(CCN)cc2Cl)oc1C. The fourth-order valence-corrected chi connectivity index (χ4v) is 2.68. The van der Waals surface area contributed by atoms with Gasteiger partial charge in [-0.25, -0.2) is 4.98 Å². The topological polar surface area (TPSA) is 52.0 Å². The van der Waals surface area contributed by atoms with Crippen LogP contribution in [-0.4, -0.2) is 11.5 Å². The van der Waals surface area contributed by atoms with Gasteiger partial charge in [-0.15, -0.1) is 0 Å². The Kier molecular flexibility index (Phi) is 4.32. The van der Waals surface area contributed by atoms with Crippen molar-refractivity contribution >= 4 is 23.4 Å². The van der Waals surface area contributed by atoms with Gasteiger partial charge in [-0.2, -0.15) is 0 Å². The first-order valence-corrected chi connectivity index (χ1v) is 6.90. The molecule has 0 atom stereocenters. The number of halogens is 1. The van der Waals surface area contributed by atoms with E-state index in [4.69, 9.17) is 21.8 Å². The van der Waals surface area contributed by atoms with Crippen molar-refractivity contribution in [2.24, 2.45) is 5.73 Å². The molecule has 0 fully saturated rings. The van der Waals surface area contributed by atoms with Gasteiger partial charge in [0.25, 0.3) is 5.22 Å². The van der Waals surface area contributed by atoms with Gasteiger partial charge in [0.1, 0.15) is 5.76 Å². The number of benzene rings is 1. The number of nitrogens with zero attached hydrogens (tertiary/aromatic N) is 1. The first-order valence-electron chi connectivity index (χ1n) is 5.70. The highest BCUT2D eigenvalue weighted by molar-refractivity contribution is 7.99. The maximum Gasteiger partial charge on any atom is 0.261 e. The van der Waals surface area contributed by atoms with E-state index in [9.17, 15) is 0 Å². The van der Waals surface area contributed by atoms with Gasteiger partial charge in [0, 0.05) is 4.90 Å². The molecule has 1 aromatic carbocycles. The van der Waals surface area contributed by atoms with Crippen molar-refractivity contribution in [1.29, 1.82) is 0 Å². The summed E-state index contributed by atoms with van der Waals surface area (Å²) in [6.07, 6.45) is 0.835. The summed E-state index contributed by atoms with van der Waals surface area (Å²) < 4.78 is 5.52. The Morgan fingerprint density at radius 3 is 2.72 bits per heavy atom. The Balaban J connectivity index is 2.19. The number of nitrogens with two attached hydrogens (primary N) is 1. The third-order valence-electron chi connectivity index (χ3n) is 2.64. The molecule has 2 rings (SSSR count). The Hall–Kier alpha value is -0.970. The van der Waals surface area contributed by atoms with Gasteiger partial charge >= 0.3 is 0 Å². The molecule has 1 heterocycles. The molecule has 0 unspecified atom stereocenters. The van der Waals surface area contributed by atoms with Crippen LogP contribution in [0.2, 0.25) is 5.02 Å². The summed E-state index contributed by atoms with van der Waals surface area (Å²) in [6.45, 7) is 4.45. The van der Waals surface area contributed by atoms with Gasteiger partial charge in [-0.05, 0) is 56.3 Å². The zero-order valence-electron chi connectivity index (χ0n) is 10.4. The molecule has 1 aromatic heterocycles. The molecule has 0 saturated heterocycles. The van der Waals surface area contributed by atoms with E-state index < -0.39 is 0 Å². The summed E-state index contributed by atoms with van der Waals surface area (Å²) >= 11 is 7.67. The summed E-state index contributed by atoms with van der Waals surface area (Å²) in [5.74, 6) is 0.841. The van der Waals surface area contributed by atoms with E-state index >= 15 is 0 Å². The van der Waals surface area contributed by atoms with Crippen LogP contribution in [0, 0.1) is 13.8 Å². The minimum absolute atomic E-state index is 0.624. The number of hydrogen-bond acceptors (Lipinski definition) is 4. The van der Waals surface area contributed by atoms with Gasteiger partial charge in [-0.1, -0.05) is 17.7 Å². The molecule has 0 radical (unpaired) electrons. The molecule has 0 aliphatic heterocycles. The second kappa shape index (κ2) is 5.78. The second-order valence-corrected chi connectivity index (χ2v) is 5.43. The van der Waals surface area contributed by atoms with Crippen molar-refractivity contribution < 1.29 is 4.42 Å². The molecule has 5 heteroatoms. The zero-order valence-corrected chi connectivity index (χ0v) is 11.9. The molecule has 0 bridgehead atoms. The lowest BCUT2D eigenvalue weighted by Gasteiger charge is -2.04. The monoisotopic (exact) mass is 282 g/mol. The predicted molar refractivity (Wildman–Crippen MR) is 74.3 cm³/mol. The van der Waals surface area contributed by atoms with Gasteiger partial charge in [0.05, 0.1) is 10.7 Å². The molecular weight excluding hydrogens is 268 g/mol. The van der Waals surface area contributed by atoms with Crippen LogP contribution in [0.4, 0.5) is 0 Å². The summed E-state index contributed by atoms with van der Waals surface area (Å²) in [4.78, 5) is 5.27. The van der Waals surface area contributed by atoms with Gasteiger partial charge < -0.3 is 10.2 Å². The van der Waals surface area contributed by atoms with E-state index in [1.165, 1.54) is 11.8 Å². The lowest BCUT2D eigenvalue weighted by atomic mass is 10.1. The van der Waals surface area contributed by atoms with Crippen LogP contribution < -0.4 is 5.73 Å². The van der Waals surface area contributed by atoms with E-state index in [2.05, 4.69) is 4.98 Å². The zero-order chi connectivity index (χ0) is 13.1. The van der Waals surface area contributed by atoms with E-state index in [1.807, 2.05) is 32.0 Å². The molecule has 2 N–H and O–H groups in total. The standard InChI is InChI=1S/C13H15ClN2OS/c1-8-9(2)17-13(16-8)18-12-4-3-10(5-6-15)7-11(12)14/h3-4,7H,5-6,15H2,1-2H3. The molecule has 3 nitrogen and oxygen atoms in total. The molecule has 0 saturated carbocycles. The van der Waals surface area contributed by atoms with Crippen LogP contribution in [-0.2, 0) is 6.42 Å². The fourth-order valence-electron chi connectivity index (χ4n) is 1.53. The van der Waals surface area contributed by atoms with Crippen molar-refractivity contribution in [3.8, 4) is 0 Å².